The van der Waals surface area contributed by atoms with Crippen LogP contribution in [0.25, 0.3) is 0 Å². The summed E-state index contributed by atoms with van der Waals surface area (Å²) in [5.41, 5.74) is 4.94. The van der Waals surface area contributed by atoms with Gasteiger partial charge in [0, 0.05) is 63.7 Å². The molecule has 3 aliphatic heterocycles. The summed E-state index contributed by atoms with van der Waals surface area (Å²) in [7, 11) is 1.80. The molecule has 2 saturated heterocycles. The molecule has 0 spiro atoms. The number of methoxy groups -OCH3 is 1. The van der Waals surface area contributed by atoms with Crippen LogP contribution in [-0.4, -0.2) is 67.7 Å². The van der Waals surface area contributed by atoms with Crippen LogP contribution in [0, 0.1) is 0 Å². The van der Waals surface area contributed by atoms with Crippen LogP contribution in [0.4, 0.5) is 5.69 Å². The smallest absolute Gasteiger partial charge is 0.253 e. The van der Waals surface area contributed by atoms with E-state index in [0.29, 0.717) is 12.1 Å². The lowest BCUT2D eigenvalue weighted by Gasteiger charge is -2.33. The van der Waals surface area contributed by atoms with Gasteiger partial charge in [-0.1, -0.05) is 24.3 Å². The minimum atomic E-state index is 0.171. The van der Waals surface area contributed by atoms with Crippen molar-refractivity contribution in [1.82, 2.24) is 9.80 Å². The number of hydrogen-bond donors (Lipinski definition) is 0. The maximum absolute atomic E-state index is 13.1. The molecule has 31 heavy (non-hydrogen) atoms. The molecule has 164 valence electrons. The fourth-order valence-corrected chi connectivity index (χ4v) is 5.40. The Morgan fingerprint density at radius 2 is 1.65 bits per heavy atom. The zero-order valence-corrected chi connectivity index (χ0v) is 18.5. The minimum absolute atomic E-state index is 0.171. The number of fused-ring (bicyclic) bond motifs is 1. The SMILES string of the molecule is COC1CCN(c2ccc(C(=O)N3CCC(N4CCc5ccccc5C4)C3)cc2)CC1. The van der Waals surface area contributed by atoms with Gasteiger partial charge in [-0.05, 0) is 61.1 Å². The molecular weight excluding hydrogens is 386 g/mol. The number of rotatable bonds is 4. The molecule has 1 unspecified atom stereocenters. The maximum atomic E-state index is 13.1. The van der Waals surface area contributed by atoms with Crippen molar-refractivity contribution in [2.24, 2.45) is 0 Å². The number of hydrogen-bond acceptors (Lipinski definition) is 4. The van der Waals surface area contributed by atoms with Crippen LogP contribution in [0.15, 0.2) is 48.5 Å². The van der Waals surface area contributed by atoms with Gasteiger partial charge in [-0.15, -0.1) is 0 Å². The Hall–Kier alpha value is -2.37. The quantitative estimate of drug-likeness (QED) is 0.759. The van der Waals surface area contributed by atoms with Crippen molar-refractivity contribution < 1.29 is 9.53 Å². The highest BCUT2D eigenvalue weighted by atomic mass is 16.5. The average molecular weight is 420 g/mol. The second-order valence-corrected chi connectivity index (χ2v) is 9.15. The standard InChI is InChI=1S/C26H33N3O2/c1-31-25-12-16-27(17-13-25)23-8-6-21(7-9-23)26(30)29-15-11-24(19-29)28-14-10-20-4-2-3-5-22(20)18-28/h2-9,24-25H,10-19H2,1H3. The van der Waals surface area contributed by atoms with E-state index in [1.54, 1.807) is 7.11 Å². The van der Waals surface area contributed by atoms with Gasteiger partial charge in [0.1, 0.15) is 0 Å². The van der Waals surface area contributed by atoms with Crippen LogP contribution < -0.4 is 4.90 Å². The number of carbonyl (C=O) groups is 1. The number of anilines is 1. The van der Waals surface area contributed by atoms with Crippen LogP contribution in [-0.2, 0) is 17.7 Å². The van der Waals surface area contributed by atoms with E-state index in [0.717, 1.165) is 70.5 Å². The van der Waals surface area contributed by atoms with Gasteiger partial charge in [-0.2, -0.15) is 0 Å². The van der Waals surface area contributed by atoms with Gasteiger partial charge >= 0.3 is 0 Å². The summed E-state index contributed by atoms with van der Waals surface area (Å²) in [5, 5.41) is 0. The molecule has 0 radical (unpaired) electrons. The predicted octanol–water partition coefficient (Wildman–Crippen LogP) is 3.57. The van der Waals surface area contributed by atoms with Crippen LogP contribution in [0.1, 0.15) is 40.7 Å². The second kappa shape index (κ2) is 9.01. The summed E-state index contributed by atoms with van der Waals surface area (Å²) in [4.78, 5) is 20.1. The van der Waals surface area contributed by atoms with E-state index in [2.05, 4.69) is 46.2 Å². The molecule has 0 bridgehead atoms. The molecule has 5 rings (SSSR count). The lowest BCUT2D eigenvalue weighted by molar-refractivity contribution is 0.0773. The Morgan fingerprint density at radius 3 is 2.39 bits per heavy atom. The van der Waals surface area contributed by atoms with Crippen LogP contribution in [0.2, 0.25) is 0 Å². The normalized spacial score (nSPS) is 22.5. The molecular formula is C26H33N3O2. The number of piperidine rings is 1. The van der Waals surface area contributed by atoms with E-state index in [1.165, 1.54) is 16.8 Å². The number of carbonyl (C=O) groups excluding carboxylic acids is 1. The average Bonchev–Trinajstić information content (AvgIpc) is 3.34. The van der Waals surface area contributed by atoms with Gasteiger partial charge in [0.15, 0.2) is 0 Å². The summed E-state index contributed by atoms with van der Waals surface area (Å²) in [5.74, 6) is 0.171. The van der Waals surface area contributed by atoms with Gasteiger partial charge < -0.3 is 14.5 Å². The van der Waals surface area contributed by atoms with Crippen molar-refractivity contribution in [3.05, 3.63) is 65.2 Å². The highest BCUT2D eigenvalue weighted by Gasteiger charge is 2.32. The van der Waals surface area contributed by atoms with Gasteiger partial charge in [-0.25, -0.2) is 0 Å². The lowest BCUT2D eigenvalue weighted by Crippen LogP contribution is -2.41. The number of amides is 1. The topological polar surface area (TPSA) is 36.0 Å². The minimum Gasteiger partial charge on any atom is -0.381 e. The van der Waals surface area contributed by atoms with Gasteiger partial charge in [0.2, 0.25) is 0 Å². The summed E-state index contributed by atoms with van der Waals surface area (Å²) in [6.07, 6.45) is 4.69. The molecule has 0 N–H and O–H groups in total. The van der Waals surface area contributed by atoms with E-state index in [-0.39, 0.29) is 5.91 Å². The Morgan fingerprint density at radius 1 is 0.903 bits per heavy atom. The first-order valence-corrected chi connectivity index (χ1v) is 11.7. The molecule has 2 aromatic carbocycles. The van der Waals surface area contributed by atoms with Gasteiger partial charge in [0.05, 0.1) is 6.10 Å². The molecule has 1 amide bonds. The van der Waals surface area contributed by atoms with Crippen molar-refractivity contribution in [1.29, 1.82) is 0 Å². The zero-order chi connectivity index (χ0) is 21.2. The van der Waals surface area contributed by atoms with E-state index >= 15 is 0 Å². The predicted molar refractivity (Wildman–Crippen MR) is 124 cm³/mol. The van der Waals surface area contributed by atoms with Gasteiger partial charge in [0.25, 0.3) is 5.91 Å². The first kappa shape index (κ1) is 20.5. The molecule has 1 atom stereocenters. The third-order valence-corrected chi connectivity index (χ3v) is 7.38. The summed E-state index contributed by atoms with van der Waals surface area (Å²) in [6, 6.07) is 17.5. The Labute approximate surface area is 185 Å². The molecule has 2 fully saturated rings. The Balaban J connectivity index is 1.18. The van der Waals surface area contributed by atoms with Gasteiger partial charge in [-0.3, -0.25) is 9.69 Å². The highest BCUT2D eigenvalue weighted by molar-refractivity contribution is 5.94. The fraction of sp³-hybridized carbons (Fsp3) is 0.500. The zero-order valence-electron chi connectivity index (χ0n) is 18.5. The Bertz CT molecular complexity index is 905. The van der Waals surface area contributed by atoms with Crippen molar-refractivity contribution in [2.45, 2.75) is 44.4 Å². The summed E-state index contributed by atoms with van der Waals surface area (Å²) < 4.78 is 5.47. The molecule has 3 heterocycles. The molecule has 0 aromatic heterocycles. The first-order chi connectivity index (χ1) is 15.2. The van der Waals surface area contributed by atoms with E-state index in [4.69, 9.17) is 4.74 Å². The lowest BCUT2D eigenvalue weighted by atomic mass is 9.98. The molecule has 5 nitrogen and oxygen atoms in total. The number of benzene rings is 2. The molecule has 2 aromatic rings. The van der Waals surface area contributed by atoms with Crippen molar-refractivity contribution in [3.8, 4) is 0 Å². The van der Waals surface area contributed by atoms with Crippen molar-refractivity contribution >= 4 is 11.6 Å². The number of nitrogens with zero attached hydrogens (tertiary/aromatic N) is 3. The maximum Gasteiger partial charge on any atom is 0.253 e. The Kier molecular flexibility index (Phi) is 5.97. The van der Waals surface area contributed by atoms with Crippen LogP contribution >= 0.6 is 0 Å². The number of likely N-dealkylation sites (tertiary alicyclic amines) is 1. The first-order valence-electron chi connectivity index (χ1n) is 11.7. The van der Waals surface area contributed by atoms with E-state index in [9.17, 15) is 4.79 Å². The number of ether oxygens (including phenoxy) is 1. The molecule has 5 heteroatoms. The van der Waals surface area contributed by atoms with Crippen LogP contribution in [0.5, 0.6) is 0 Å². The van der Waals surface area contributed by atoms with E-state index in [1.807, 2.05) is 17.0 Å². The van der Waals surface area contributed by atoms with Crippen LogP contribution in [0.3, 0.4) is 0 Å². The van der Waals surface area contributed by atoms with Crippen molar-refractivity contribution in [2.75, 3.05) is 44.7 Å². The fourth-order valence-electron chi connectivity index (χ4n) is 5.40. The highest BCUT2D eigenvalue weighted by Crippen LogP contribution is 2.26. The molecule has 0 aliphatic carbocycles. The molecule has 3 aliphatic rings. The molecule has 0 saturated carbocycles. The largest absolute Gasteiger partial charge is 0.381 e. The third kappa shape index (κ3) is 4.35. The van der Waals surface area contributed by atoms with E-state index < -0.39 is 0 Å². The summed E-state index contributed by atoms with van der Waals surface area (Å²) in [6.45, 7) is 5.83. The third-order valence-electron chi connectivity index (χ3n) is 7.38. The summed E-state index contributed by atoms with van der Waals surface area (Å²) >= 11 is 0. The second-order valence-electron chi connectivity index (χ2n) is 9.15. The van der Waals surface area contributed by atoms with Crippen molar-refractivity contribution in [3.63, 3.8) is 0 Å². The monoisotopic (exact) mass is 419 g/mol.